The predicted octanol–water partition coefficient (Wildman–Crippen LogP) is 0.750. The van der Waals surface area contributed by atoms with Gasteiger partial charge in [0.05, 0.1) is 36.9 Å². The standard InChI is InChI=1S/C16H20N2O8/c1-9(19)26-15-6-13(18(22)23)12(5-14(15)25-3)16(21)17-7-11(20)4-10(17)8-24-2/h5-6,10-11,20H,4,7-8H2,1-3H3/t10-,11-/m1/s1. The van der Waals surface area contributed by atoms with Crippen LogP contribution in [0.1, 0.15) is 23.7 Å². The third-order valence-corrected chi connectivity index (χ3v) is 3.98. The van der Waals surface area contributed by atoms with Crippen LogP contribution in [0.3, 0.4) is 0 Å². The SMILES string of the molecule is COC[C@H]1C[C@@H](O)CN1C(=O)c1cc(OC)c(OC(C)=O)cc1[N+](=O)[O-]. The maximum Gasteiger partial charge on any atom is 0.308 e. The molecule has 0 aliphatic carbocycles. The highest BCUT2D eigenvalue weighted by Crippen LogP contribution is 2.36. The summed E-state index contributed by atoms with van der Waals surface area (Å²) < 4.78 is 15.1. The minimum Gasteiger partial charge on any atom is -0.493 e. The molecule has 0 bridgehead atoms. The van der Waals surface area contributed by atoms with Crippen LogP contribution < -0.4 is 9.47 Å². The molecule has 0 unspecified atom stereocenters. The molecule has 1 fully saturated rings. The van der Waals surface area contributed by atoms with E-state index in [-0.39, 0.29) is 30.2 Å². The van der Waals surface area contributed by atoms with E-state index in [1.54, 1.807) is 0 Å². The zero-order valence-corrected chi connectivity index (χ0v) is 14.6. The zero-order chi connectivity index (χ0) is 19.4. The first-order valence-electron chi connectivity index (χ1n) is 7.81. The number of ether oxygens (including phenoxy) is 3. The molecule has 0 radical (unpaired) electrons. The van der Waals surface area contributed by atoms with Crippen molar-refractivity contribution in [1.82, 2.24) is 4.90 Å². The quantitative estimate of drug-likeness (QED) is 0.337. The van der Waals surface area contributed by atoms with E-state index < -0.39 is 34.6 Å². The fourth-order valence-corrected chi connectivity index (χ4v) is 2.91. The Balaban J connectivity index is 2.48. The minimum absolute atomic E-state index is 0.0113. The molecule has 26 heavy (non-hydrogen) atoms. The van der Waals surface area contributed by atoms with Crippen LogP contribution >= 0.6 is 0 Å². The number of methoxy groups -OCH3 is 2. The van der Waals surface area contributed by atoms with Gasteiger partial charge < -0.3 is 24.2 Å². The first-order chi connectivity index (χ1) is 12.3. The molecule has 1 aliphatic heterocycles. The van der Waals surface area contributed by atoms with Crippen LogP contribution in [0.25, 0.3) is 0 Å². The van der Waals surface area contributed by atoms with Gasteiger partial charge in [0.1, 0.15) is 5.56 Å². The number of β-amino-alcohol motifs (C(OH)–C–C–N with tert-alkyl or cyclic N) is 1. The fraction of sp³-hybridized carbons (Fsp3) is 0.500. The molecular formula is C16H20N2O8. The summed E-state index contributed by atoms with van der Waals surface area (Å²) >= 11 is 0. The zero-order valence-electron chi connectivity index (χ0n) is 14.6. The number of carbonyl (C=O) groups excluding carboxylic acids is 2. The predicted molar refractivity (Wildman–Crippen MR) is 88.3 cm³/mol. The van der Waals surface area contributed by atoms with Crippen molar-refractivity contribution in [3.63, 3.8) is 0 Å². The largest absolute Gasteiger partial charge is 0.493 e. The smallest absolute Gasteiger partial charge is 0.308 e. The molecule has 10 heteroatoms. The van der Waals surface area contributed by atoms with Crippen LogP contribution in [0.4, 0.5) is 5.69 Å². The van der Waals surface area contributed by atoms with Crippen LogP contribution in [-0.4, -0.2) is 66.3 Å². The van der Waals surface area contributed by atoms with E-state index in [0.717, 1.165) is 19.1 Å². The number of nitro benzene ring substituents is 1. The number of aliphatic hydroxyl groups excluding tert-OH is 1. The van der Waals surface area contributed by atoms with Crippen molar-refractivity contribution in [3.8, 4) is 11.5 Å². The summed E-state index contributed by atoms with van der Waals surface area (Å²) in [5, 5.41) is 21.3. The molecule has 1 heterocycles. The number of rotatable bonds is 6. The normalized spacial score (nSPS) is 19.3. The molecule has 2 atom stereocenters. The first-order valence-corrected chi connectivity index (χ1v) is 7.81. The van der Waals surface area contributed by atoms with Crippen LogP contribution in [0.2, 0.25) is 0 Å². The number of esters is 1. The summed E-state index contributed by atoms with van der Waals surface area (Å²) in [5.41, 5.74) is -0.748. The second-order valence-corrected chi connectivity index (χ2v) is 5.83. The van der Waals surface area contributed by atoms with Crippen molar-refractivity contribution in [1.29, 1.82) is 0 Å². The van der Waals surface area contributed by atoms with Gasteiger partial charge in [0.25, 0.3) is 11.6 Å². The van der Waals surface area contributed by atoms with Gasteiger partial charge in [-0.1, -0.05) is 0 Å². The number of benzene rings is 1. The maximum absolute atomic E-state index is 12.9. The molecular weight excluding hydrogens is 348 g/mol. The first kappa shape index (κ1) is 19.6. The van der Waals surface area contributed by atoms with Gasteiger partial charge in [0, 0.05) is 26.6 Å². The molecule has 0 spiro atoms. The number of likely N-dealkylation sites (tertiary alicyclic amines) is 1. The van der Waals surface area contributed by atoms with E-state index >= 15 is 0 Å². The molecule has 1 amide bonds. The maximum atomic E-state index is 12.9. The Morgan fingerprint density at radius 3 is 2.58 bits per heavy atom. The lowest BCUT2D eigenvalue weighted by Gasteiger charge is -2.24. The molecule has 2 rings (SSSR count). The highest BCUT2D eigenvalue weighted by molar-refractivity contribution is 5.99. The lowest BCUT2D eigenvalue weighted by atomic mass is 10.1. The Kier molecular flexibility index (Phi) is 6.11. The Labute approximate surface area is 149 Å². The van der Waals surface area contributed by atoms with Crippen molar-refractivity contribution in [2.75, 3.05) is 27.4 Å². The highest BCUT2D eigenvalue weighted by atomic mass is 16.6. The number of amides is 1. The molecule has 10 nitrogen and oxygen atoms in total. The molecule has 1 N–H and O–H groups in total. The number of nitrogens with zero attached hydrogens (tertiary/aromatic N) is 2. The number of hydrogen-bond acceptors (Lipinski definition) is 8. The summed E-state index contributed by atoms with van der Waals surface area (Å²) in [6, 6.07) is 1.74. The Bertz CT molecular complexity index is 720. The molecule has 1 aliphatic rings. The summed E-state index contributed by atoms with van der Waals surface area (Å²) in [7, 11) is 2.75. The molecule has 142 valence electrons. The number of nitro groups is 1. The lowest BCUT2D eigenvalue weighted by molar-refractivity contribution is -0.385. The van der Waals surface area contributed by atoms with Gasteiger partial charge >= 0.3 is 5.97 Å². The van der Waals surface area contributed by atoms with Crippen LogP contribution in [0.5, 0.6) is 11.5 Å². The lowest BCUT2D eigenvalue weighted by Crippen LogP contribution is -2.38. The van der Waals surface area contributed by atoms with Gasteiger partial charge in [-0.15, -0.1) is 0 Å². The second kappa shape index (κ2) is 8.11. The molecule has 1 aromatic carbocycles. The van der Waals surface area contributed by atoms with E-state index in [1.165, 1.54) is 19.1 Å². The van der Waals surface area contributed by atoms with E-state index in [0.29, 0.717) is 6.42 Å². The number of carbonyl (C=O) groups is 2. The Morgan fingerprint density at radius 1 is 1.35 bits per heavy atom. The second-order valence-electron chi connectivity index (χ2n) is 5.83. The minimum atomic E-state index is -0.739. The third kappa shape index (κ3) is 4.09. The van der Waals surface area contributed by atoms with E-state index in [9.17, 15) is 24.8 Å². The van der Waals surface area contributed by atoms with E-state index in [2.05, 4.69) is 0 Å². The number of hydrogen-bond donors (Lipinski definition) is 1. The highest BCUT2D eigenvalue weighted by Gasteiger charge is 2.37. The average molecular weight is 368 g/mol. The number of aliphatic hydroxyl groups is 1. The van der Waals surface area contributed by atoms with Gasteiger partial charge in [-0.2, -0.15) is 0 Å². The van der Waals surface area contributed by atoms with Crippen molar-refractivity contribution in [2.24, 2.45) is 0 Å². The monoisotopic (exact) mass is 368 g/mol. The summed E-state index contributed by atoms with van der Waals surface area (Å²) in [6.07, 6.45) is -0.420. The Morgan fingerprint density at radius 2 is 2.04 bits per heavy atom. The average Bonchev–Trinajstić information content (AvgIpc) is 2.94. The molecule has 1 aromatic rings. The topological polar surface area (TPSA) is 128 Å². The summed E-state index contributed by atoms with van der Waals surface area (Å²) in [4.78, 5) is 36.1. The van der Waals surface area contributed by atoms with Gasteiger partial charge in [-0.3, -0.25) is 19.7 Å². The van der Waals surface area contributed by atoms with Crippen molar-refractivity contribution < 1.29 is 33.8 Å². The fourth-order valence-electron chi connectivity index (χ4n) is 2.91. The van der Waals surface area contributed by atoms with Crippen molar-refractivity contribution >= 4 is 17.6 Å². The Hall–Kier alpha value is -2.72. The van der Waals surface area contributed by atoms with Gasteiger partial charge in [0.2, 0.25) is 0 Å². The molecule has 0 saturated carbocycles. The van der Waals surface area contributed by atoms with Crippen LogP contribution in [-0.2, 0) is 9.53 Å². The van der Waals surface area contributed by atoms with Gasteiger partial charge in [0.15, 0.2) is 11.5 Å². The molecule has 0 aromatic heterocycles. The van der Waals surface area contributed by atoms with Crippen LogP contribution in [0.15, 0.2) is 12.1 Å². The van der Waals surface area contributed by atoms with Gasteiger partial charge in [-0.05, 0) is 6.42 Å². The van der Waals surface area contributed by atoms with Crippen LogP contribution in [0, 0.1) is 10.1 Å². The van der Waals surface area contributed by atoms with Crippen molar-refractivity contribution in [3.05, 3.63) is 27.8 Å². The van der Waals surface area contributed by atoms with Gasteiger partial charge in [-0.25, -0.2) is 0 Å². The van der Waals surface area contributed by atoms with E-state index in [1.807, 2.05) is 0 Å². The van der Waals surface area contributed by atoms with E-state index in [4.69, 9.17) is 14.2 Å². The third-order valence-electron chi connectivity index (χ3n) is 3.98. The molecule has 1 saturated heterocycles. The summed E-state index contributed by atoms with van der Waals surface area (Å²) in [6.45, 7) is 1.38. The summed E-state index contributed by atoms with van der Waals surface area (Å²) in [5.74, 6) is -1.46. The van der Waals surface area contributed by atoms with Crippen molar-refractivity contribution in [2.45, 2.75) is 25.5 Å².